The first kappa shape index (κ1) is 42.5. The Morgan fingerprint density at radius 3 is 1.43 bits per heavy atom. The fourth-order valence-electron chi connectivity index (χ4n) is 9.77. The van der Waals surface area contributed by atoms with Gasteiger partial charge in [0.15, 0.2) is 17.1 Å². The number of anilines is 6. The number of hydrogen-bond acceptors (Lipinski definition) is 7. The normalized spacial score (nSPS) is 13.3. The van der Waals surface area contributed by atoms with Gasteiger partial charge in [-0.25, -0.2) is 14.5 Å². The molecule has 68 heavy (non-hydrogen) atoms. The Labute approximate surface area is 408 Å². The molecule has 2 heterocycles. The van der Waals surface area contributed by atoms with Crippen LogP contribution in [0.4, 0.5) is 51.2 Å². The molecule has 0 spiro atoms. The molecular weight excluding hydrogens is 1020 g/mol. The van der Waals surface area contributed by atoms with Crippen LogP contribution in [0.2, 0.25) is 0 Å². The molecule has 0 aromatic heterocycles. The number of nitrogens with zero attached hydrogens (tertiary/aromatic N) is 10. The summed E-state index contributed by atoms with van der Waals surface area (Å²) in [5, 5.41) is 30.1. The van der Waals surface area contributed by atoms with Crippen LogP contribution in [0.25, 0.3) is 47.9 Å². The molecule has 0 N–H and O–H groups in total. The van der Waals surface area contributed by atoms with Gasteiger partial charge in [-0.05, 0) is 64.7 Å². The number of rotatable bonds is 6. The van der Waals surface area contributed by atoms with Crippen molar-refractivity contribution >= 4 is 51.2 Å². The summed E-state index contributed by atoms with van der Waals surface area (Å²) in [7, 11) is 0. The van der Waals surface area contributed by atoms with Crippen LogP contribution in [0, 0.1) is 79.2 Å². The van der Waals surface area contributed by atoms with E-state index in [-0.39, 0.29) is 54.8 Å². The van der Waals surface area contributed by atoms with Gasteiger partial charge in [0.05, 0.1) is 37.9 Å². The molecule has 10 nitrogen and oxygen atoms in total. The number of hydrogen-bond donors (Lipinski definition) is 0. The van der Waals surface area contributed by atoms with Crippen molar-refractivity contribution in [1.29, 1.82) is 15.8 Å². The summed E-state index contributed by atoms with van der Waals surface area (Å²) in [4.78, 5) is 19.7. The minimum absolute atomic E-state index is 0. The van der Waals surface area contributed by atoms with Gasteiger partial charge in [-0.15, -0.1) is 48.0 Å². The first-order chi connectivity index (χ1) is 32.9. The van der Waals surface area contributed by atoms with E-state index in [2.05, 4.69) is 151 Å². The Balaban J connectivity index is 0.00000539. The number of benzene rings is 8. The van der Waals surface area contributed by atoms with Gasteiger partial charge in [-0.1, -0.05) is 78.9 Å². The van der Waals surface area contributed by atoms with E-state index < -0.39 is 5.66 Å². The molecule has 8 aromatic rings. The summed E-state index contributed by atoms with van der Waals surface area (Å²) in [5.41, 5.74) is 11.6. The van der Waals surface area contributed by atoms with Crippen molar-refractivity contribution in [3.63, 3.8) is 0 Å². The van der Waals surface area contributed by atoms with E-state index >= 15 is 0 Å². The predicted octanol–water partition coefficient (Wildman–Crippen LogP) is 13.6. The largest absolute Gasteiger partial charge is 4.00 e. The van der Waals surface area contributed by atoms with Crippen molar-refractivity contribution in [2.24, 2.45) is 0 Å². The third kappa shape index (κ3) is 6.30. The smallest absolute Gasteiger partial charge is 0.494 e. The van der Waals surface area contributed by atoms with E-state index in [1.807, 2.05) is 48.5 Å². The van der Waals surface area contributed by atoms with Gasteiger partial charge < -0.3 is 19.6 Å². The van der Waals surface area contributed by atoms with Crippen LogP contribution >= 0.6 is 0 Å². The molecule has 0 amide bonds. The fraction of sp³-hybridized carbons (Fsp3) is 0.0175. The van der Waals surface area contributed by atoms with Crippen LogP contribution in [0.1, 0.15) is 27.8 Å². The van der Waals surface area contributed by atoms with Crippen LogP contribution in [-0.2, 0) is 26.7 Å². The Morgan fingerprint density at radius 2 is 0.956 bits per heavy atom. The molecule has 11 rings (SSSR count). The van der Waals surface area contributed by atoms with Crippen molar-refractivity contribution < 1.29 is 21.1 Å². The molecule has 0 fully saturated rings. The second-order valence-corrected chi connectivity index (χ2v) is 15.9. The molecule has 0 atom stereocenters. The predicted molar refractivity (Wildman–Crippen MR) is 258 cm³/mol. The molecule has 1 aliphatic carbocycles. The molecule has 0 saturated heterocycles. The average Bonchev–Trinajstić information content (AvgIpc) is 4.07. The third-order valence-corrected chi connectivity index (χ3v) is 12.5. The van der Waals surface area contributed by atoms with Gasteiger partial charge in [-0.3, -0.25) is 0 Å². The maximum Gasteiger partial charge on any atom is 4.00 e. The first-order valence-electron chi connectivity index (χ1n) is 20.9. The minimum atomic E-state index is -1.06. The van der Waals surface area contributed by atoms with Crippen molar-refractivity contribution in [1.82, 2.24) is 0 Å². The summed E-state index contributed by atoms with van der Waals surface area (Å²) in [6.07, 6.45) is 0. The molecule has 11 heteroatoms. The molecular formula is C57H28N10Pt. The van der Waals surface area contributed by atoms with E-state index in [0.29, 0.717) is 33.6 Å². The van der Waals surface area contributed by atoms with Gasteiger partial charge in [0.25, 0.3) is 0 Å². The maximum atomic E-state index is 10.2. The molecule has 316 valence electrons. The second-order valence-electron chi connectivity index (χ2n) is 15.9. The summed E-state index contributed by atoms with van der Waals surface area (Å²) in [6.45, 7) is 27.7. The van der Waals surface area contributed by atoms with Gasteiger partial charge in [0, 0.05) is 50.6 Å². The monoisotopic (exact) mass is 1050 g/mol. The zero-order chi connectivity index (χ0) is 45.8. The van der Waals surface area contributed by atoms with Crippen molar-refractivity contribution in [2.45, 2.75) is 5.66 Å². The molecule has 0 radical (unpaired) electrons. The van der Waals surface area contributed by atoms with Gasteiger partial charge in [-0.2, -0.15) is 52.2 Å². The summed E-state index contributed by atoms with van der Waals surface area (Å²) >= 11 is 0. The zero-order valence-electron chi connectivity index (χ0n) is 35.5. The Morgan fingerprint density at radius 1 is 0.500 bits per heavy atom. The van der Waals surface area contributed by atoms with Crippen molar-refractivity contribution in [2.75, 3.05) is 19.6 Å². The van der Waals surface area contributed by atoms with Gasteiger partial charge >= 0.3 is 21.1 Å². The standard InChI is InChI=1S/C57H28N10.Pt/c1-61-42-28-41(34-60)56(50(31-42)63-3)39-15-13-17-44(30-39)65-36-67(54-25-11-9-23-52(54)65)57(47-20-6-4-18-45(47)46-19-5-7-21-48(46)57)66-35-64(51-22-8-10-24-53(51)66)43-16-12-14-38(29-43)55-40(33-59)26-37(32-58)27-49(55)62-2;/h4-15,18-31,35-36H;/q-4;+4. The molecule has 0 bridgehead atoms. The Bertz CT molecular complexity index is 3370. The van der Waals surface area contributed by atoms with Crippen molar-refractivity contribution in [3.05, 3.63) is 245 Å². The van der Waals surface area contributed by atoms with Crippen molar-refractivity contribution in [3.8, 4) is 51.6 Å². The van der Waals surface area contributed by atoms with Crippen LogP contribution in [0.15, 0.2) is 158 Å². The topological polar surface area (TPSA) is 97.4 Å². The molecule has 0 unspecified atom stereocenters. The van der Waals surface area contributed by atoms with E-state index in [4.69, 9.17) is 19.7 Å². The minimum Gasteiger partial charge on any atom is -0.494 e. The summed E-state index contributed by atoms with van der Waals surface area (Å²) in [5.74, 6) is 0. The Kier molecular flexibility index (Phi) is 10.5. The fourth-order valence-corrected chi connectivity index (χ4v) is 9.77. The van der Waals surface area contributed by atoms with Gasteiger partial charge in [0.1, 0.15) is 5.66 Å². The van der Waals surface area contributed by atoms with E-state index in [9.17, 15) is 15.8 Å². The van der Waals surface area contributed by atoms with Crippen LogP contribution in [0.5, 0.6) is 0 Å². The molecule has 0 saturated carbocycles. The maximum absolute atomic E-state index is 10.2. The van der Waals surface area contributed by atoms with E-state index in [0.717, 1.165) is 45.0 Å². The quantitative estimate of drug-likeness (QED) is 0.153. The average molecular weight is 1050 g/mol. The molecule has 8 aromatic carbocycles. The summed E-state index contributed by atoms with van der Waals surface area (Å²) < 4.78 is 0. The van der Waals surface area contributed by atoms with Gasteiger partial charge in [0.2, 0.25) is 0 Å². The van der Waals surface area contributed by atoms with Crippen LogP contribution < -0.4 is 19.6 Å². The third-order valence-electron chi connectivity index (χ3n) is 12.5. The zero-order valence-corrected chi connectivity index (χ0v) is 37.7. The number of para-hydroxylation sites is 4. The number of nitriles is 3. The van der Waals surface area contributed by atoms with E-state index in [1.54, 1.807) is 12.1 Å². The number of fused-ring (bicyclic) bond motifs is 5. The Hall–Kier alpha value is -9.41. The second kappa shape index (κ2) is 16.9. The van der Waals surface area contributed by atoms with Crippen LogP contribution in [-0.4, -0.2) is 0 Å². The first-order valence-corrected chi connectivity index (χ1v) is 20.9. The summed E-state index contributed by atoms with van der Waals surface area (Å²) in [6, 6.07) is 63.8. The molecule has 3 aliphatic rings. The SMILES string of the molecule is [C-]#[N+]c1cc(C#N)c(-c2cc[c-]c(N3[CH-]N(C4(N5[CH-]N(c6[c-]ccc(-c7c(C#N)cc(C#N)cc7[N+]#[C-])c6)c6ccccc65)c5ccccc5-c5ccccc54)c4ccccc43)c2)c([N+]#[C-])c1.[Pt+4]. The van der Waals surface area contributed by atoms with E-state index in [1.165, 1.54) is 24.3 Å². The van der Waals surface area contributed by atoms with Crippen LogP contribution in [0.3, 0.4) is 0 Å². The molecule has 2 aliphatic heterocycles.